The van der Waals surface area contributed by atoms with E-state index in [0.717, 1.165) is 0 Å². The molecule has 0 aliphatic rings. The van der Waals surface area contributed by atoms with E-state index in [9.17, 15) is 14.4 Å². The lowest BCUT2D eigenvalue weighted by Gasteiger charge is -2.13. The third-order valence-corrected chi connectivity index (χ3v) is 3.09. The van der Waals surface area contributed by atoms with Gasteiger partial charge >= 0.3 is 5.76 Å². The second-order valence-corrected chi connectivity index (χ2v) is 4.73. The molecule has 0 spiro atoms. The molecule has 2 aromatic rings. The summed E-state index contributed by atoms with van der Waals surface area (Å²) in [5.41, 5.74) is 1.49. The predicted molar refractivity (Wildman–Crippen MR) is 74.5 cm³/mol. The average Bonchev–Trinajstić information content (AvgIpc) is 2.74. The van der Waals surface area contributed by atoms with Gasteiger partial charge in [-0.15, -0.1) is 0 Å². The largest absolute Gasteiger partial charge is 0.417 e. The van der Waals surface area contributed by atoms with Gasteiger partial charge in [0.1, 0.15) is 5.78 Å². The Labute approximate surface area is 115 Å². The molecule has 20 heavy (non-hydrogen) atoms. The molecule has 0 saturated carbocycles. The van der Waals surface area contributed by atoms with Crippen molar-refractivity contribution < 1.29 is 14.0 Å². The van der Waals surface area contributed by atoms with E-state index >= 15 is 0 Å². The van der Waals surface area contributed by atoms with Crippen LogP contribution in [0, 0.1) is 5.92 Å². The highest BCUT2D eigenvalue weighted by Crippen LogP contribution is 2.18. The van der Waals surface area contributed by atoms with Gasteiger partial charge in [-0.25, -0.2) is 4.79 Å². The fraction of sp³-hybridized carbons (Fsp3) is 0.357. The number of H-pyrrole nitrogens is 1. The van der Waals surface area contributed by atoms with Gasteiger partial charge in [0.25, 0.3) is 0 Å². The maximum absolute atomic E-state index is 12.1. The van der Waals surface area contributed by atoms with Crippen LogP contribution in [0.4, 0.5) is 5.69 Å². The third kappa shape index (κ3) is 3.14. The zero-order chi connectivity index (χ0) is 14.7. The number of anilines is 1. The minimum Gasteiger partial charge on any atom is -0.408 e. The van der Waals surface area contributed by atoms with E-state index in [2.05, 4.69) is 10.3 Å². The predicted octanol–water partition coefficient (Wildman–Crippen LogP) is 2.06. The van der Waals surface area contributed by atoms with Crippen LogP contribution in [0.1, 0.15) is 26.7 Å². The Bertz CT molecular complexity index is 699. The normalized spacial score (nSPS) is 12.3. The summed E-state index contributed by atoms with van der Waals surface area (Å²) in [4.78, 5) is 36.7. The Kier molecular flexibility index (Phi) is 4.02. The molecule has 6 nitrogen and oxygen atoms in total. The molecule has 2 rings (SSSR count). The van der Waals surface area contributed by atoms with Crippen LogP contribution >= 0.6 is 0 Å². The van der Waals surface area contributed by atoms with Crippen molar-refractivity contribution in [2.45, 2.75) is 26.7 Å². The first kappa shape index (κ1) is 14.0. The number of hydrogen-bond acceptors (Lipinski definition) is 4. The second-order valence-electron chi connectivity index (χ2n) is 4.73. The molecular weight excluding hydrogens is 260 g/mol. The molecule has 1 amide bonds. The number of carbonyl (C=O) groups is 2. The van der Waals surface area contributed by atoms with Gasteiger partial charge in [0.05, 0.1) is 5.52 Å². The van der Waals surface area contributed by atoms with Gasteiger partial charge in [0.2, 0.25) is 5.91 Å². The molecule has 1 aromatic heterocycles. The highest BCUT2D eigenvalue weighted by atomic mass is 16.4. The minimum absolute atomic E-state index is 0.0147. The van der Waals surface area contributed by atoms with E-state index in [1.165, 1.54) is 6.92 Å². The average molecular weight is 276 g/mol. The summed E-state index contributed by atoms with van der Waals surface area (Å²) in [7, 11) is 0. The van der Waals surface area contributed by atoms with E-state index in [1.54, 1.807) is 18.2 Å². The van der Waals surface area contributed by atoms with Gasteiger partial charge in [0.15, 0.2) is 5.58 Å². The number of aromatic amines is 1. The van der Waals surface area contributed by atoms with E-state index < -0.39 is 5.76 Å². The fourth-order valence-electron chi connectivity index (χ4n) is 2.04. The van der Waals surface area contributed by atoms with Gasteiger partial charge in [-0.3, -0.25) is 9.78 Å². The third-order valence-electron chi connectivity index (χ3n) is 3.09. The molecule has 1 heterocycles. The highest BCUT2D eigenvalue weighted by molar-refractivity contribution is 5.96. The van der Waals surface area contributed by atoms with Crippen molar-refractivity contribution in [3.63, 3.8) is 0 Å². The van der Waals surface area contributed by atoms with Gasteiger partial charge in [0, 0.05) is 24.1 Å². The molecular formula is C14H16N2O4. The number of fused-ring (bicyclic) bond motifs is 1. The van der Waals surface area contributed by atoms with Gasteiger partial charge < -0.3 is 14.5 Å². The van der Waals surface area contributed by atoms with Crippen LogP contribution in [-0.4, -0.2) is 16.7 Å². The van der Waals surface area contributed by atoms with Gasteiger partial charge in [-0.1, -0.05) is 6.92 Å². The lowest BCUT2D eigenvalue weighted by atomic mass is 9.99. The number of Topliss-reactive ketones (excluding diaryl/α,β-unsaturated/α-hetero) is 1. The number of hydrogen-bond donors (Lipinski definition) is 2. The Morgan fingerprint density at radius 2 is 2.15 bits per heavy atom. The van der Waals surface area contributed by atoms with E-state index in [1.807, 2.05) is 6.92 Å². The zero-order valence-electron chi connectivity index (χ0n) is 11.4. The van der Waals surface area contributed by atoms with E-state index in [0.29, 0.717) is 23.2 Å². The summed E-state index contributed by atoms with van der Waals surface area (Å²) in [6.07, 6.45) is 0.816. The first-order chi connectivity index (χ1) is 9.49. The second kappa shape index (κ2) is 5.73. The topological polar surface area (TPSA) is 92.2 Å². The van der Waals surface area contributed by atoms with E-state index in [4.69, 9.17) is 4.42 Å². The number of oxazole rings is 1. The molecule has 2 N–H and O–H groups in total. The maximum Gasteiger partial charge on any atom is 0.417 e. The van der Waals surface area contributed by atoms with Crippen molar-refractivity contribution >= 4 is 28.5 Å². The quantitative estimate of drug-likeness (QED) is 0.874. The molecule has 0 aliphatic heterocycles. The highest BCUT2D eigenvalue weighted by Gasteiger charge is 2.18. The molecule has 106 valence electrons. The molecule has 0 fully saturated rings. The molecule has 1 unspecified atom stereocenters. The summed E-state index contributed by atoms with van der Waals surface area (Å²) in [6.45, 7) is 3.33. The lowest BCUT2D eigenvalue weighted by Crippen LogP contribution is -2.24. The van der Waals surface area contributed by atoms with Gasteiger partial charge in [-0.05, 0) is 25.5 Å². The van der Waals surface area contributed by atoms with Crippen molar-refractivity contribution in [1.29, 1.82) is 0 Å². The van der Waals surface area contributed by atoms with Crippen LogP contribution in [0.25, 0.3) is 11.1 Å². The molecule has 0 aliphatic carbocycles. The molecule has 1 aromatic carbocycles. The number of benzene rings is 1. The summed E-state index contributed by atoms with van der Waals surface area (Å²) in [6, 6.07) is 4.90. The summed E-state index contributed by atoms with van der Waals surface area (Å²) in [5, 5.41) is 2.73. The molecule has 0 saturated heterocycles. The Morgan fingerprint density at radius 3 is 2.80 bits per heavy atom. The van der Waals surface area contributed by atoms with Crippen LogP contribution in [0.2, 0.25) is 0 Å². The first-order valence-corrected chi connectivity index (χ1v) is 6.42. The molecule has 6 heteroatoms. The summed E-state index contributed by atoms with van der Waals surface area (Å²) < 4.78 is 4.92. The van der Waals surface area contributed by atoms with Crippen LogP contribution in [0.15, 0.2) is 27.4 Å². The minimum atomic E-state index is -0.536. The Hall–Kier alpha value is -2.37. The first-order valence-electron chi connectivity index (χ1n) is 6.42. The van der Waals surface area contributed by atoms with Crippen molar-refractivity contribution in [3.8, 4) is 0 Å². The van der Waals surface area contributed by atoms with Crippen molar-refractivity contribution in [2.75, 3.05) is 5.32 Å². The number of amides is 1. The number of rotatable bonds is 5. The summed E-state index contributed by atoms with van der Waals surface area (Å²) >= 11 is 0. The van der Waals surface area contributed by atoms with Crippen molar-refractivity contribution in [2.24, 2.45) is 5.92 Å². The number of nitrogens with one attached hydrogen (secondary N) is 2. The molecule has 0 bridgehead atoms. The number of ketones is 1. The fourth-order valence-corrected chi connectivity index (χ4v) is 2.04. The van der Waals surface area contributed by atoms with Crippen LogP contribution in [0.3, 0.4) is 0 Å². The van der Waals surface area contributed by atoms with Gasteiger partial charge in [-0.2, -0.15) is 0 Å². The smallest absolute Gasteiger partial charge is 0.408 e. The van der Waals surface area contributed by atoms with Crippen molar-refractivity contribution in [3.05, 3.63) is 28.7 Å². The number of aromatic nitrogens is 1. The zero-order valence-corrected chi connectivity index (χ0v) is 11.4. The monoisotopic (exact) mass is 276 g/mol. The lowest BCUT2D eigenvalue weighted by molar-refractivity contribution is -0.125. The SMILES string of the molecule is CCC(CC(C)=O)C(=O)Nc1ccc2[nH]c(=O)oc2c1. The van der Waals surface area contributed by atoms with Crippen LogP contribution in [0.5, 0.6) is 0 Å². The van der Waals surface area contributed by atoms with Crippen molar-refractivity contribution in [1.82, 2.24) is 4.98 Å². The molecule has 1 atom stereocenters. The van der Waals surface area contributed by atoms with Crippen LogP contribution in [-0.2, 0) is 9.59 Å². The molecule has 0 radical (unpaired) electrons. The Balaban J connectivity index is 2.15. The van der Waals surface area contributed by atoms with E-state index in [-0.39, 0.29) is 24.0 Å². The number of carbonyl (C=O) groups excluding carboxylic acids is 2. The maximum atomic E-state index is 12.1. The standard InChI is InChI=1S/C14H16N2O4/c1-3-9(6-8(2)17)13(18)15-10-4-5-11-12(7-10)20-14(19)16-11/h4-5,7,9H,3,6H2,1-2H3,(H,15,18)(H,16,19). The summed E-state index contributed by atoms with van der Waals surface area (Å²) in [5.74, 6) is -1.10. The Morgan fingerprint density at radius 1 is 1.40 bits per heavy atom. The van der Waals surface area contributed by atoms with Crippen LogP contribution < -0.4 is 11.1 Å².